The van der Waals surface area contributed by atoms with Crippen molar-refractivity contribution in [3.05, 3.63) is 69.0 Å². The standard InChI is InChI=1S/C20H19BrN2O3/c1-3-23(4-2)16-10-5-13-11-17(20(25)26-18(13)12-16)19(24)22-15-8-6-14(21)7-9-15/h5-12H,3-4H2,1-2H3,(H,22,24). The number of hydrogen-bond acceptors (Lipinski definition) is 4. The van der Waals surface area contributed by atoms with Crippen molar-refractivity contribution in [3.8, 4) is 0 Å². The maximum absolute atomic E-state index is 12.4. The molecule has 0 saturated carbocycles. The quantitative estimate of drug-likeness (QED) is 0.616. The molecule has 1 N–H and O–H groups in total. The SMILES string of the molecule is CCN(CC)c1ccc2cc(C(=O)Nc3ccc(Br)cc3)c(=O)oc2c1. The molecule has 0 fully saturated rings. The summed E-state index contributed by atoms with van der Waals surface area (Å²) in [6.07, 6.45) is 0. The summed E-state index contributed by atoms with van der Waals surface area (Å²) in [7, 11) is 0. The Morgan fingerprint density at radius 1 is 1.08 bits per heavy atom. The van der Waals surface area contributed by atoms with E-state index in [-0.39, 0.29) is 5.56 Å². The molecule has 1 heterocycles. The Hall–Kier alpha value is -2.60. The molecule has 1 aromatic heterocycles. The second-order valence-corrected chi connectivity index (χ2v) is 6.72. The zero-order valence-electron chi connectivity index (χ0n) is 14.6. The lowest BCUT2D eigenvalue weighted by molar-refractivity contribution is 0.102. The molecule has 0 atom stereocenters. The first-order chi connectivity index (χ1) is 12.5. The van der Waals surface area contributed by atoms with Gasteiger partial charge in [-0.15, -0.1) is 0 Å². The number of hydrogen-bond donors (Lipinski definition) is 1. The zero-order valence-corrected chi connectivity index (χ0v) is 16.2. The van der Waals surface area contributed by atoms with E-state index in [1.165, 1.54) is 0 Å². The van der Waals surface area contributed by atoms with Crippen LogP contribution in [0.4, 0.5) is 11.4 Å². The molecule has 2 aromatic carbocycles. The molecular formula is C20H19BrN2O3. The number of anilines is 2. The Balaban J connectivity index is 1.93. The fourth-order valence-electron chi connectivity index (χ4n) is 2.78. The van der Waals surface area contributed by atoms with Crippen molar-refractivity contribution < 1.29 is 9.21 Å². The Bertz CT molecular complexity index is 992. The van der Waals surface area contributed by atoms with E-state index in [4.69, 9.17) is 4.42 Å². The number of nitrogens with one attached hydrogen (secondary N) is 1. The number of benzene rings is 2. The molecule has 134 valence electrons. The third-order valence-electron chi connectivity index (χ3n) is 4.19. The highest BCUT2D eigenvalue weighted by molar-refractivity contribution is 9.10. The van der Waals surface area contributed by atoms with Gasteiger partial charge in [0.05, 0.1) is 0 Å². The van der Waals surface area contributed by atoms with E-state index < -0.39 is 11.5 Å². The molecular weight excluding hydrogens is 396 g/mol. The van der Waals surface area contributed by atoms with Gasteiger partial charge in [-0.2, -0.15) is 0 Å². The lowest BCUT2D eigenvalue weighted by Gasteiger charge is -2.21. The number of carbonyl (C=O) groups is 1. The molecule has 6 heteroatoms. The minimum absolute atomic E-state index is 0.0176. The van der Waals surface area contributed by atoms with E-state index in [0.717, 1.165) is 23.2 Å². The van der Waals surface area contributed by atoms with Crippen molar-refractivity contribution in [2.45, 2.75) is 13.8 Å². The van der Waals surface area contributed by atoms with E-state index in [2.05, 4.69) is 40.0 Å². The highest BCUT2D eigenvalue weighted by Gasteiger charge is 2.15. The van der Waals surface area contributed by atoms with Crippen LogP contribution in [-0.2, 0) is 0 Å². The van der Waals surface area contributed by atoms with Crippen LogP contribution in [0.15, 0.2) is 62.2 Å². The molecule has 0 aliphatic rings. The fourth-order valence-corrected chi connectivity index (χ4v) is 3.04. The van der Waals surface area contributed by atoms with Gasteiger partial charge in [0.1, 0.15) is 11.1 Å². The molecule has 0 spiro atoms. The Morgan fingerprint density at radius 3 is 2.42 bits per heavy atom. The number of nitrogens with zero attached hydrogens (tertiary/aromatic N) is 1. The summed E-state index contributed by atoms with van der Waals surface area (Å²) in [4.78, 5) is 26.9. The molecule has 5 nitrogen and oxygen atoms in total. The van der Waals surface area contributed by atoms with Crippen LogP contribution in [0, 0.1) is 0 Å². The molecule has 0 unspecified atom stereocenters. The topological polar surface area (TPSA) is 62.6 Å². The van der Waals surface area contributed by atoms with Gasteiger partial charge in [0.25, 0.3) is 5.91 Å². The summed E-state index contributed by atoms with van der Waals surface area (Å²) in [6, 6.07) is 14.4. The lowest BCUT2D eigenvalue weighted by atomic mass is 10.1. The molecule has 0 aliphatic carbocycles. The number of halogens is 1. The molecule has 3 rings (SSSR count). The maximum atomic E-state index is 12.4. The van der Waals surface area contributed by atoms with Crippen LogP contribution in [0.2, 0.25) is 0 Å². The van der Waals surface area contributed by atoms with Gasteiger partial charge in [-0.25, -0.2) is 4.79 Å². The second kappa shape index (κ2) is 7.74. The first kappa shape index (κ1) is 18.2. The molecule has 0 bridgehead atoms. The van der Waals surface area contributed by atoms with Crippen molar-refractivity contribution in [3.63, 3.8) is 0 Å². The summed E-state index contributed by atoms with van der Waals surface area (Å²) < 4.78 is 6.31. The average molecular weight is 415 g/mol. The van der Waals surface area contributed by atoms with Crippen LogP contribution in [-0.4, -0.2) is 19.0 Å². The van der Waals surface area contributed by atoms with Gasteiger partial charge in [0, 0.05) is 40.4 Å². The first-order valence-corrected chi connectivity index (χ1v) is 9.21. The zero-order chi connectivity index (χ0) is 18.7. The molecule has 0 radical (unpaired) electrons. The van der Waals surface area contributed by atoms with E-state index in [9.17, 15) is 9.59 Å². The predicted octanol–water partition coefficient (Wildman–Crippen LogP) is 4.65. The fraction of sp³-hybridized carbons (Fsp3) is 0.200. The Labute approximate surface area is 159 Å². The average Bonchev–Trinajstić information content (AvgIpc) is 2.64. The van der Waals surface area contributed by atoms with Gasteiger partial charge in [-0.3, -0.25) is 4.79 Å². The van der Waals surface area contributed by atoms with Crippen molar-refractivity contribution >= 4 is 44.2 Å². The van der Waals surface area contributed by atoms with Gasteiger partial charge in [-0.05, 0) is 56.3 Å². The summed E-state index contributed by atoms with van der Waals surface area (Å²) in [6.45, 7) is 5.86. The minimum Gasteiger partial charge on any atom is -0.422 e. The van der Waals surface area contributed by atoms with E-state index in [1.807, 2.05) is 30.3 Å². The van der Waals surface area contributed by atoms with Gasteiger partial charge in [0.15, 0.2) is 0 Å². The summed E-state index contributed by atoms with van der Waals surface area (Å²) >= 11 is 3.34. The van der Waals surface area contributed by atoms with Crippen LogP contribution in [0.1, 0.15) is 24.2 Å². The van der Waals surface area contributed by atoms with Gasteiger partial charge >= 0.3 is 5.63 Å². The highest BCUT2D eigenvalue weighted by atomic mass is 79.9. The molecule has 0 saturated heterocycles. The normalized spacial score (nSPS) is 10.7. The van der Waals surface area contributed by atoms with Crippen LogP contribution in [0.3, 0.4) is 0 Å². The highest BCUT2D eigenvalue weighted by Crippen LogP contribution is 2.22. The number of rotatable bonds is 5. The van der Waals surface area contributed by atoms with Crippen LogP contribution < -0.4 is 15.8 Å². The van der Waals surface area contributed by atoms with E-state index in [0.29, 0.717) is 16.7 Å². The van der Waals surface area contributed by atoms with Gasteiger partial charge in [-0.1, -0.05) is 15.9 Å². The van der Waals surface area contributed by atoms with Crippen molar-refractivity contribution in [1.82, 2.24) is 0 Å². The monoisotopic (exact) mass is 414 g/mol. The molecule has 3 aromatic rings. The number of amides is 1. The lowest BCUT2D eigenvalue weighted by Crippen LogP contribution is -2.22. The van der Waals surface area contributed by atoms with Crippen LogP contribution >= 0.6 is 15.9 Å². The van der Waals surface area contributed by atoms with Crippen molar-refractivity contribution in [2.75, 3.05) is 23.3 Å². The van der Waals surface area contributed by atoms with Crippen LogP contribution in [0.5, 0.6) is 0 Å². The maximum Gasteiger partial charge on any atom is 0.349 e. The van der Waals surface area contributed by atoms with Crippen LogP contribution in [0.25, 0.3) is 11.0 Å². The van der Waals surface area contributed by atoms with Crippen molar-refractivity contribution in [2.24, 2.45) is 0 Å². The Kier molecular flexibility index (Phi) is 5.42. The van der Waals surface area contributed by atoms with Crippen molar-refractivity contribution in [1.29, 1.82) is 0 Å². The largest absolute Gasteiger partial charge is 0.422 e. The third kappa shape index (κ3) is 3.80. The summed E-state index contributed by atoms with van der Waals surface area (Å²) in [5.74, 6) is -0.490. The third-order valence-corrected chi connectivity index (χ3v) is 4.72. The minimum atomic E-state index is -0.649. The first-order valence-electron chi connectivity index (χ1n) is 8.41. The molecule has 1 amide bonds. The molecule has 0 aliphatic heterocycles. The summed E-state index contributed by atoms with van der Waals surface area (Å²) in [5.41, 5.74) is 1.40. The predicted molar refractivity (Wildman–Crippen MR) is 108 cm³/mol. The van der Waals surface area contributed by atoms with E-state index in [1.54, 1.807) is 18.2 Å². The number of fused-ring (bicyclic) bond motifs is 1. The smallest absolute Gasteiger partial charge is 0.349 e. The second-order valence-electron chi connectivity index (χ2n) is 5.80. The number of carbonyl (C=O) groups excluding carboxylic acids is 1. The van der Waals surface area contributed by atoms with Gasteiger partial charge in [0.2, 0.25) is 0 Å². The Morgan fingerprint density at radius 2 is 1.77 bits per heavy atom. The molecule has 26 heavy (non-hydrogen) atoms. The van der Waals surface area contributed by atoms with E-state index >= 15 is 0 Å². The summed E-state index contributed by atoms with van der Waals surface area (Å²) in [5, 5.41) is 3.42. The van der Waals surface area contributed by atoms with Gasteiger partial charge < -0.3 is 14.6 Å².